The van der Waals surface area contributed by atoms with E-state index in [-0.39, 0.29) is 5.41 Å². The van der Waals surface area contributed by atoms with E-state index in [1.54, 1.807) is 0 Å². The summed E-state index contributed by atoms with van der Waals surface area (Å²) in [5.74, 6) is 0. The third-order valence-electron chi connectivity index (χ3n) is 7.30. The minimum absolute atomic E-state index is 0.367. The molecule has 1 heteroatoms. The molecule has 0 bridgehead atoms. The van der Waals surface area contributed by atoms with E-state index in [9.17, 15) is 0 Å². The topological polar surface area (TPSA) is 0 Å². The van der Waals surface area contributed by atoms with E-state index in [1.807, 2.05) is 12.2 Å². The molecule has 1 aliphatic carbocycles. The van der Waals surface area contributed by atoms with Crippen molar-refractivity contribution in [1.29, 1.82) is 0 Å². The summed E-state index contributed by atoms with van der Waals surface area (Å²) in [4.78, 5) is 0. The zero-order valence-electron chi connectivity index (χ0n) is 20.4. The van der Waals surface area contributed by atoms with Crippen LogP contribution in [-0.4, -0.2) is 0 Å². The lowest BCUT2D eigenvalue weighted by Gasteiger charge is -2.34. The monoisotopic (exact) mass is 518 g/mol. The number of hydrogen-bond donors (Lipinski definition) is 0. The molecule has 0 amide bonds. The molecule has 0 spiro atoms. The number of allylic oxidation sites excluding steroid dienone is 2. The first-order valence-electron chi connectivity index (χ1n) is 12.4. The molecule has 0 radical (unpaired) electrons. The van der Waals surface area contributed by atoms with E-state index in [0.29, 0.717) is 0 Å². The SMILES string of the molecule is C=CCCc1ccc(C2(c3ccc(CCC=C)cc3)c3cc(C)ccc3-c3ccc(Br)cc32)cc1. The van der Waals surface area contributed by atoms with Gasteiger partial charge in [0.25, 0.3) is 0 Å². The third kappa shape index (κ3) is 4.13. The second-order valence-electron chi connectivity index (χ2n) is 9.54. The number of fused-ring (bicyclic) bond motifs is 3. The van der Waals surface area contributed by atoms with Gasteiger partial charge in [-0.2, -0.15) is 0 Å². The fourth-order valence-corrected chi connectivity index (χ4v) is 5.94. The highest BCUT2D eigenvalue weighted by Crippen LogP contribution is 2.56. The van der Waals surface area contributed by atoms with Gasteiger partial charge in [0.05, 0.1) is 5.41 Å². The second kappa shape index (κ2) is 9.84. The van der Waals surface area contributed by atoms with Crippen molar-refractivity contribution in [3.63, 3.8) is 0 Å². The van der Waals surface area contributed by atoms with Crippen LogP contribution < -0.4 is 0 Å². The highest BCUT2D eigenvalue weighted by atomic mass is 79.9. The quantitative estimate of drug-likeness (QED) is 0.179. The average molecular weight is 520 g/mol. The van der Waals surface area contributed by atoms with E-state index < -0.39 is 0 Å². The first-order chi connectivity index (χ1) is 17.1. The molecular weight excluding hydrogens is 488 g/mol. The molecule has 0 fully saturated rings. The Labute approximate surface area is 218 Å². The molecule has 4 aromatic carbocycles. The lowest BCUT2D eigenvalue weighted by molar-refractivity contribution is 0.764. The summed E-state index contributed by atoms with van der Waals surface area (Å²) in [7, 11) is 0. The van der Waals surface area contributed by atoms with Gasteiger partial charge < -0.3 is 0 Å². The lowest BCUT2D eigenvalue weighted by atomic mass is 9.67. The van der Waals surface area contributed by atoms with Crippen molar-refractivity contribution in [2.75, 3.05) is 0 Å². The maximum atomic E-state index is 3.89. The fourth-order valence-electron chi connectivity index (χ4n) is 5.58. The van der Waals surface area contributed by atoms with Gasteiger partial charge in [-0.3, -0.25) is 0 Å². The molecule has 0 aromatic heterocycles. The van der Waals surface area contributed by atoms with Crippen LogP contribution in [0.25, 0.3) is 11.1 Å². The van der Waals surface area contributed by atoms with Gasteiger partial charge in [-0.05, 0) is 89.2 Å². The largest absolute Gasteiger partial charge is 0.103 e. The highest BCUT2D eigenvalue weighted by molar-refractivity contribution is 9.10. The molecule has 0 saturated carbocycles. The normalized spacial score (nSPS) is 13.2. The Hall–Kier alpha value is -3.16. The summed E-state index contributed by atoms with van der Waals surface area (Å²) in [5, 5.41) is 0. The molecule has 1 aliphatic rings. The van der Waals surface area contributed by atoms with Gasteiger partial charge in [-0.15, -0.1) is 13.2 Å². The Bertz CT molecular complexity index is 1260. The molecule has 4 aromatic rings. The molecule has 0 saturated heterocycles. The van der Waals surface area contributed by atoms with Crippen LogP contribution >= 0.6 is 15.9 Å². The first-order valence-corrected chi connectivity index (χ1v) is 13.2. The lowest BCUT2D eigenvalue weighted by Crippen LogP contribution is -2.28. The van der Waals surface area contributed by atoms with Gasteiger partial charge in [0.1, 0.15) is 0 Å². The van der Waals surface area contributed by atoms with E-state index in [0.717, 1.165) is 30.2 Å². The number of aryl methyl sites for hydroxylation is 3. The van der Waals surface area contributed by atoms with Crippen LogP contribution in [-0.2, 0) is 18.3 Å². The number of benzene rings is 4. The van der Waals surface area contributed by atoms with Crippen molar-refractivity contribution in [3.8, 4) is 11.1 Å². The van der Waals surface area contributed by atoms with E-state index in [2.05, 4.69) is 121 Å². The van der Waals surface area contributed by atoms with Crippen LogP contribution in [0.5, 0.6) is 0 Å². The van der Waals surface area contributed by atoms with Gasteiger partial charge in [0.15, 0.2) is 0 Å². The fraction of sp³-hybridized carbons (Fsp3) is 0.176. The predicted octanol–water partition coefficient (Wildman–Crippen LogP) is 9.36. The van der Waals surface area contributed by atoms with Crippen molar-refractivity contribution >= 4 is 15.9 Å². The number of hydrogen-bond acceptors (Lipinski definition) is 0. The summed E-state index contributed by atoms with van der Waals surface area (Å²) < 4.78 is 1.11. The molecule has 5 rings (SSSR count). The summed E-state index contributed by atoms with van der Waals surface area (Å²) in [6, 6.07) is 32.2. The Morgan fingerprint density at radius 3 is 1.66 bits per heavy atom. The number of halogens is 1. The molecule has 174 valence electrons. The van der Waals surface area contributed by atoms with E-state index in [4.69, 9.17) is 0 Å². The van der Waals surface area contributed by atoms with Gasteiger partial charge in [0, 0.05) is 4.47 Å². The highest BCUT2D eigenvalue weighted by Gasteiger charge is 2.46. The smallest absolute Gasteiger partial charge is 0.0714 e. The summed E-state index contributed by atoms with van der Waals surface area (Å²) in [6.45, 7) is 9.97. The maximum Gasteiger partial charge on any atom is 0.0714 e. The Morgan fingerprint density at radius 1 is 0.657 bits per heavy atom. The average Bonchev–Trinajstić information content (AvgIpc) is 3.16. The van der Waals surface area contributed by atoms with Gasteiger partial charge in [-0.25, -0.2) is 0 Å². The molecule has 35 heavy (non-hydrogen) atoms. The van der Waals surface area contributed by atoms with Crippen LogP contribution in [0, 0.1) is 6.92 Å². The van der Waals surface area contributed by atoms with E-state index >= 15 is 0 Å². The van der Waals surface area contributed by atoms with Crippen molar-refractivity contribution in [2.45, 2.75) is 38.0 Å². The molecule has 0 atom stereocenters. The second-order valence-corrected chi connectivity index (χ2v) is 10.5. The zero-order valence-corrected chi connectivity index (χ0v) is 21.9. The van der Waals surface area contributed by atoms with Crippen molar-refractivity contribution in [3.05, 3.63) is 154 Å². The van der Waals surface area contributed by atoms with Crippen LogP contribution in [0.3, 0.4) is 0 Å². The Balaban J connectivity index is 1.78. The van der Waals surface area contributed by atoms with Crippen LogP contribution in [0.4, 0.5) is 0 Å². The standard InChI is InChI=1S/C34H31Br/c1-4-6-8-25-11-15-27(16-12-25)34(28-17-13-26(14-18-28)9-7-5-2)32-22-24(3)10-20-30(32)31-21-19-29(35)23-33(31)34/h4-5,10-23H,1-2,6-9H2,3H3. The minimum atomic E-state index is -0.367. The molecule has 0 aliphatic heterocycles. The van der Waals surface area contributed by atoms with Gasteiger partial charge in [-0.1, -0.05) is 106 Å². The Morgan fingerprint density at radius 2 is 1.14 bits per heavy atom. The molecule has 0 unspecified atom stereocenters. The third-order valence-corrected chi connectivity index (χ3v) is 7.80. The van der Waals surface area contributed by atoms with Crippen molar-refractivity contribution in [1.82, 2.24) is 0 Å². The maximum absolute atomic E-state index is 3.89. The summed E-state index contributed by atoms with van der Waals surface area (Å²) >= 11 is 3.78. The van der Waals surface area contributed by atoms with Gasteiger partial charge >= 0.3 is 0 Å². The van der Waals surface area contributed by atoms with E-state index in [1.165, 1.54) is 50.1 Å². The summed E-state index contributed by atoms with van der Waals surface area (Å²) in [5.41, 5.74) is 11.6. The predicted molar refractivity (Wildman–Crippen MR) is 153 cm³/mol. The van der Waals surface area contributed by atoms with Crippen molar-refractivity contribution < 1.29 is 0 Å². The molecular formula is C34H31Br. The van der Waals surface area contributed by atoms with Crippen LogP contribution in [0.1, 0.15) is 51.8 Å². The molecule has 0 nitrogen and oxygen atoms in total. The van der Waals surface area contributed by atoms with Gasteiger partial charge in [0.2, 0.25) is 0 Å². The minimum Gasteiger partial charge on any atom is -0.103 e. The van der Waals surface area contributed by atoms with Crippen LogP contribution in [0.2, 0.25) is 0 Å². The molecule has 0 heterocycles. The number of rotatable bonds is 8. The Kier molecular flexibility index (Phi) is 6.62. The summed E-state index contributed by atoms with van der Waals surface area (Å²) in [6.07, 6.45) is 8.02. The van der Waals surface area contributed by atoms with Crippen molar-refractivity contribution in [2.24, 2.45) is 0 Å². The van der Waals surface area contributed by atoms with Crippen LogP contribution in [0.15, 0.2) is 115 Å². The zero-order chi connectivity index (χ0) is 24.4. The molecule has 0 N–H and O–H groups in total. The first kappa shape index (κ1) is 23.6.